The summed E-state index contributed by atoms with van der Waals surface area (Å²) in [6.07, 6.45) is 2.91. The van der Waals surface area contributed by atoms with E-state index in [4.69, 9.17) is 0 Å². The first-order valence-electron chi connectivity index (χ1n) is 11.5. The lowest BCUT2D eigenvalue weighted by Gasteiger charge is -2.48. The van der Waals surface area contributed by atoms with Crippen LogP contribution in [0.5, 0.6) is 17.2 Å². The first kappa shape index (κ1) is 21.1. The van der Waals surface area contributed by atoms with Crippen LogP contribution in [0.4, 0.5) is 0 Å². The second-order valence-corrected chi connectivity index (χ2v) is 9.09. The van der Waals surface area contributed by atoms with Crippen molar-refractivity contribution in [1.82, 2.24) is 0 Å². The van der Waals surface area contributed by atoms with Crippen LogP contribution in [0.3, 0.4) is 0 Å². The topological polar surface area (TPSA) is 60.7 Å². The fourth-order valence-electron chi connectivity index (χ4n) is 5.71. The van der Waals surface area contributed by atoms with E-state index >= 15 is 0 Å². The first-order valence-corrected chi connectivity index (χ1v) is 11.5. The predicted molar refractivity (Wildman–Crippen MR) is 131 cm³/mol. The molecule has 3 N–H and O–H groups in total. The SMILES string of the molecule is Oc1ccc(C2CC(c3ccccc3)CCC2(c2ccc(O)cc2)c2ccc(O)cc2)cc1. The Bertz CT molecular complexity index is 1150. The normalized spacial score (nSPS) is 19.8. The van der Waals surface area contributed by atoms with Gasteiger partial charge in [-0.3, -0.25) is 0 Å². The zero-order valence-corrected chi connectivity index (χ0v) is 18.4. The predicted octanol–water partition coefficient (Wildman–Crippen LogP) is 6.84. The summed E-state index contributed by atoms with van der Waals surface area (Å²) in [4.78, 5) is 0. The fraction of sp³-hybridized carbons (Fsp3) is 0.200. The van der Waals surface area contributed by atoms with Crippen LogP contribution in [0.15, 0.2) is 103 Å². The van der Waals surface area contributed by atoms with Crippen LogP contribution in [0.2, 0.25) is 0 Å². The third-order valence-electron chi connectivity index (χ3n) is 7.33. The molecule has 1 aliphatic carbocycles. The van der Waals surface area contributed by atoms with Gasteiger partial charge < -0.3 is 15.3 Å². The molecule has 33 heavy (non-hydrogen) atoms. The second-order valence-electron chi connectivity index (χ2n) is 9.09. The highest BCUT2D eigenvalue weighted by molar-refractivity contribution is 5.49. The molecular weight excluding hydrogens is 408 g/mol. The van der Waals surface area contributed by atoms with Gasteiger partial charge in [-0.05, 0) is 89.8 Å². The summed E-state index contributed by atoms with van der Waals surface area (Å²) < 4.78 is 0. The van der Waals surface area contributed by atoms with Gasteiger partial charge in [0, 0.05) is 5.41 Å². The number of aromatic hydroxyl groups is 3. The molecule has 1 fully saturated rings. The summed E-state index contributed by atoms with van der Waals surface area (Å²) in [5.74, 6) is 1.32. The number of benzene rings is 4. The van der Waals surface area contributed by atoms with Gasteiger partial charge in [0.2, 0.25) is 0 Å². The van der Waals surface area contributed by atoms with Gasteiger partial charge in [-0.2, -0.15) is 0 Å². The van der Waals surface area contributed by atoms with Crippen molar-refractivity contribution in [3.8, 4) is 17.2 Å². The Kier molecular flexibility index (Phi) is 5.55. The lowest BCUT2D eigenvalue weighted by atomic mass is 9.55. The average Bonchev–Trinajstić information content (AvgIpc) is 2.86. The van der Waals surface area contributed by atoms with Gasteiger partial charge >= 0.3 is 0 Å². The van der Waals surface area contributed by atoms with E-state index in [1.807, 2.05) is 36.4 Å². The van der Waals surface area contributed by atoms with Gasteiger partial charge in [-0.1, -0.05) is 66.7 Å². The quantitative estimate of drug-likeness (QED) is 0.328. The van der Waals surface area contributed by atoms with Crippen molar-refractivity contribution in [2.75, 3.05) is 0 Å². The van der Waals surface area contributed by atoms with Crippen molar-refractivity contribution in [3.63, 3.8) is 0 Å². The Labute approximate surface area is 194 Å². The van der Waals surface area contributed by atoms with Gasteiger partial charge in [0.05, 0.1) is 0 Å². The van der Waals surface area contributed by atoms with Crippen molar-refractivity contribution in [3.05, 3.63) is 125 Å². The number of phenolic OH excluding ortho intramolecular Hbond substituents is 3. The van der Waals surface area contributed by atoms with Crippen LogP contribution in [-0.2, 0) is 5.41 Å². The van der Waals surface area contributed by atoms with Crippen molar-refractivity contribution in [2.45, 2.75) is 36.5 Å². The molecule has 4 aromatic carbocycles. The number of phenols is 3. The van der Waals surface area contributed by atoms with Crippen LogP contribution in [0.25, 0.3) is 0 Å². The summed E-state index contributed by atoms with van der Waals surface area (Å²) in [7, 11) is 0. The molecule has 0 saturated heterocycles. The van der Waals surface area contributed by atoms with Crippen molar-refractivity contribution in [2.24, 2.45) is 0 Å². The average molecular weight is 437 g/mol. The highest BCUT2D eigenvalue weighted by atomic mass is 16.3. The van der Waals surface area contributed by atoms with E-state index in [0.717, 1.165) is 30.4 Å². The molecule has 2 unspecified atom stereocenters. The summed E-state index contributed by atoms with van der Waals surface area (Å²) in [6.45, 7) is 0. The molecule has 3 heteroatoms. The Morgan fingerprint density at radius 2 is 1.03 bits per heavy atom. The molecule has 4 aromatic rings. The number of hydrogen-bond donors (Lipinski definition) is 3. The minimum Gasteiger partial charge on any atom is -0.508 e. The maximum Gasteiger partial charge on any atom is 0.115 e. The Balaban J connectivity index is 1.70. The Morgan fingerprint density at radius 1 is 0.545 bits per heavy atom. The van der Waals surface area contributed by atoms with E-state index in [2.05, 4.69) is 30.3 Å². The van der Waals surface area contributed by atoms with Crippen molar-refractivity contribution < 1.29 is 15.3 Å². The minimum atomic E-state index is -0.330. The molecule has 0 aromatic heterocycles. The molecule has 3 nitrogen and oxygen atoms in total. The van der Waals surface area contributed by atoms with Crippen molar-refractivity contribution >= 4 is 0 Å². The molecule has 2 atom stereocenters. The zero-order valence-electron chi connectivity index (χ0n) is 18.4. The van der Waals surface area contributed by atoms with Crippen LogP contribution >= 0.6 is 0 Å². The fourth-order valence-corrected chi connectivity index (χ4v) is 5.71. The molecule has 166 valence electrons. The number of rotatable bonds is 4. The molecule has 1 aliphatic rings. The third-order valence-corrected chi connectivity index (χ3v) is 7.33. The van der Waals surface area contributed by atoms with Gasteiger partial charge in [0.15, 0.2) is 0 Å². The summed E-state index contributed by atoms with van der Waals surface area (Å²) in [6, 6.07) is 33.4. The highest BCUT2D eigenvalue weighted by Crippen LogP contribution is 2.57. The zero-order chi connectivity index (χ0) is 22.8. The Hall–Kier alpha value is -3.72. The molecule has 5 rings (SSSR count). The van der Waals surface area contributed by atoms with Gasteiger partial charge in [0.25, 0.3) is 0 Å². The Morgan fingerprint density at radius 3 is 1.55 bits per heavy atom. The van der Waals surface area contributed by atoms with Crippen LogP contribution < -0.4 is 0 Å². The molecule has 0 radical (unpaired) electrons. The van der Waals surface area contributed by atoms with E-state index < -0.39 is 0 Å². The van der Waals surface area contributed by atoms with E-state index in [9.17, 15) is 15.3 Å². The highest BCUT2D eigenvalue weighted by Gasteiger charge is 2.47. The lowest BCUT2D eigenvalue weighted by molar-refractivity contribution is 0.267. The molecule has 0 spiro atoms. The van der Waals surface area contributed by atoms with Crippen LogP contribution in [0.1, 0.15) is 53.4 Å². The van der Waals surface area contributed by atoms with E-state index in [1.165, 1.54) is 11.1 Å². The van der Waals surface area contributed by atoms with E-state index in [0.29, 0.717) is 5.92 Å². The largest absolute Gasteiger partial charge is 0.508 e. The first-order chi connectivity index (χ1) is 16.1. The monoisotopic (exact) mass is 436 g/mol. The third kappa shape index (κ3) is 3.95. The summed E-state index contributed by atoms with van der Waals surface area (Å²) in [5, 5.41) is 29.9. The van der Waals surface area contributed by atoms with E-state index in [1.54, 1.807) is 36.4 Å². The van der Waals surface area contributed by atoms with Crippen LogP contribution in [-0.4, -0.2) is 15.3 Å². The van der Waals surface area contributed by atoms with Crippen molar-refractivity contribution in [1.29, 1.82) is 0 Å². The van der Waals surface area contributed by atoms with Gasteiger partial charge in [-0.15, -0.1) is 0 Å². The molecule has 1 saturated carbocycles. The molecular formula is C30H28O3. The maximum absolute atomic E-state index is 9.99. The van der Waals surface area contributed by atoms with Crippen LogP contribution in [0, 0.1) is 0 Å². The molecule has 0 bridgehead atoms. The molecule has 0 aliphatic heterocycles. The standard InChI is InChI=1S/C30H28O3/c31-26-12-6-22(7-13-26)29-20-23(21-4-2-1-3-5-21)18-19-30(29,24-8-14-27(32)15-9-24)25-10-16-28(33)17-11-25/h1-17,23,29,31-33H,18-20H2. The maximum atomic E-state index is 9.99. The van der Waals surface area contributed by atoms with E-state index in [-0.39, 0.29) is 28.6 Å². The second kappa shape index (κ2) is 8.67. The van der Waals surface area contributed by atoms with Gasteiger partial charge in [-0.25, -0.2) is 0 Å². The summed E-state index contributed by atoms with van der Waals surface area (Å²) >= 11 is 0. The number of hydrogen-bond acceptors (Lipinski definition) is 3. The summed E-state index contributed by atoms with van der Waals surface area (Å²) in [5.41, 5.74) is 4.50. The lowest BCUT2D eigenvalue weighted by Crippen LogP contribution is -2.39. The smallest absolute Gasteiger partial charge is 0.115 e. The van der Waals surface area contributed by atoms with Gasteiger partial charge in [0.1, 0.15) is 17.2 Å². The molecule has 0 heterocycles. The molecule has 0 amide bonds. The minimum absolute atomic E-state index is 0.145.